The van der Waals surface area contributed by atoms with Crippen LogP contribution in [-0.4, -0.2) is 14.5 Å². The Morgan fingerprint density at radius 2 is 1.57 bits per heavy atom. The van der Waals surface area contributed by atoms with Crippen LogP contribution in [0.2, 0.25) is 0 Å². The van der Waals surface area contributed by atoms with E-state index in [0.717, 1.165) is 24.8 Å². The fraction of sp³-hybridized carbons (Fsp3) is 0.647. The Labute approximate surface area is 129 Å². The highest BCUT2D eigenvalue weighted by Gasteiger charge is 2.39. The largest absolute Gasteiger partial charge is 0.241 e. The van der Waals surface area contributed by atoms with Crippen LogP contribution < -0.4 is 4.72 Å². The average Bonchev–Trinajstić information content (AvgIpc) is 2.23. The van der Waals surface area contributed by atoms with Gasteiger partial charge < -0.3 is 0 Å². The molecule has 4 heteroatoms. The first-order chi connectivity index (χ1) is 9.51. The molecule has 0 bridgehead atoms. The number of hydrogen-bond acceptors (Lipinski definition) is 2. The van der Waals surface area contributed by atoms with Crippen molar-refractivity contribution in [3.05, 3.63) is 29.8 Å². The predicted molar refractivity (Wildman–Crippen MR) is 86.7 cm³/mol. The molecule has 1 saturated carbocycles. The lowest BCUT2D eigenvalue weighted by Crippen LogP contribution is -2.46. The van der Waals surface area contributed by atoms with Gasteiger partial charge in [-0.3, -0.25) is 0 Å². The zero-order chi connectivity index (χ0) is 15.9. The molecule has 0 heterocycles. The SMILES string of the molecule is Cc1ccccc1S(=O)(=O)NC1CC(C)(C)CC(C)(C)C1. The second-order valence-electron chi connectivity index (χ2n) is 8.00. The van der Waals surface area contributed by atoms with E-state index in [1.165, 1.54) is 0 Å². The molecule has 0 radical (unpaired) electrons. The summed E-state index contributed by atoms with van der Waals surface area (Å²) in [5.74, 6) is 0. The summed E-state index contributed by atoms with van der Waals surface area (Å²) in [6, 6.07) is 7.16. The molecule has 118 valence electrons. The summed E-state index contributed by atoms with van der Waals surface area (Å²) >= 11 is 0. The summed E-state index contributed by atoms with van der Waals surface area (Å²) in [6.07, 6.45) is 2.91. The number of hydrogen-bond donors (Lipinski definition) is 1. The van der Waals surface area contributed by atoms with Gasteiger partial charge in [-0.15, -0.1) is 0 Å². The van der Waals surface area contributed by atoms with Gasteiger partial charge in [0.15, 0.2) is 0 Å². The van der Waals surface area contributed by atoms with Crippen molar-refractivity contribution in [3.8, 4) is 0 Å². The molecule has 0 amide bonds. The van der Waals surface area contributed by atoms with Crippen LogP contribution in [0, 0.1) is 17.8 Å². The molecule has 1 aromatic rings. The number of nitrogens with one attached hydrogen (secondary N) is 1. The maximum atomic E-state index is 12.6. The lowest BCUT2D eigenvalue weighted by molar-refractivity contribution is 0.0934. The lowest BCUT2D eigenvalue weighted by Gasteiger charge is -2.45. The molecule has 2 rings (SSSR count). The van der Waals surface area contributed by atoms with Gasteiger partial charge in [-0.05, 0) is 48.6 Å². The molecule has 3 nitrogen and oxygen atoms in total. The molecule has 21 heavy (non-hydrogen) atoms. The van der Waals surface area contributed by atoms with Gasteiger partial charge in [-0.1, -0.05) is 45.9 Å². The summed E-state index contributed by atoms with van der Waals surface area (Å²) in [5.41, 5.74) is 1.13. The van der Waals surface area contributed by atoms with Gasteiger partial charge in [-0.25, -0.2) is 13.1 Å². The zero-order valence-corrected chi connectivity index (χ0v) is 14.5. The van der Waals surface area contributed by atoms with E-state index in [-0.39, 0.29) is 16.9 Å². The fourth-order valence-corrected chi connectivity index (χ4v) is 5.55. The van der Waals surface area contributed by atoms with Crippen LogP contribution >= 0.6 is 0 Å². The van der Waals surface area contributed by atoms with Gasteiger partial charge in [0.05, 0.1) is 4.90 Å². The smallest absolute Gasteiger partial charge is 0.208 e. The fourth-order valence-electron chi connectivity index (χ4n) is 4.07. The van der Waals surface area contributed by atoms with Gasteiger partial charge in [-0.2, -0.15) is 0 Å². The third kappa shape index (κ3) is 4.07. The van der Waals surface area contributed by atoms with E-state index < -0.39 is 10.0 Å². The first-order valence-electron chi connectivity index (χ1n) is 7.59. The Morgan fingerprint density at radius 3 is 2.10 bits per heavy atom. The molecule has 1 aliphatic carbocycles. The van der Waals surface area contributed by atoms with Crippen molar-refractivity contribution in [2.24, 2.45) is 10.8 Å². The predicted octanol–water partition coefficient (Wildman–Crippen LogP) is 3.88. The minimum atomic E-state index is -3.44. The number of sulfonamides is 1. The molecule has 1 aromatic carbocycles. The van der Waals surface area contributed by atoms with Crippen molar-refractivity contribution in [2.75, 3.05) is 0 Å². The number of rotatable bonds is 3. The lowest BCUT2D eigenvalue weighted by atomic mass is 9.64. The molecule has 0 saturated heterocycles. The van der Waals surface area contributed by atoms with Gasteiger partial charge in [0.1, 0.15) is 0 Å². The normalized spacial score (nSPS) is 22.1. The Bertz CT molecular complexity index is 601. The van der Waals surface area contributed by atoms with E-state index >= 15 is 0 Å². The van der Waals surface area contributed by atoms with Gasteiger partial charge in [0, 0.05) is 6.04 Å². The van der Waals surface area contributed by atoms with Crippen LogP contribution in [0.5, 0.6) is 0 Å². The van der Waals surface area contributed by atoms with E-state index in [9.17, 15) is 8.42 Å². The minimum Gasteiger partial charge on any atom is -0.208 e. The molecular weight excluding hydrogens is 282 g/mol. The molecule has 0 atom stereocenters. The van der Waals surface area contributed by atoms with E-state index in [0.29, 0.717) is 4.90 Å². The van der Waals surface area contributed by atoms with Crippen LogP contribution in [0.15, 0.2) is 29.2 Å². The molecular formula is C17H27NO2S. The van der Waals surface area contributed by atoms with E-state index in [4.69, 9.17) is 0 Å². The maximum absolute atomic E-state index is 12.6. The van der Waals surface area contributed by atoms with Crippen LogP contribution in [0.4, 0.5) is 0 Å². The van der Waals surface area contributed by atoms with Crippen LogP contribution in [0.1, 0.15) is 52.5 Å². The summed E-state index contributed by atoms with van der Waals surface area (Å²) in [7, 11) is -3.44. The zero-order valence-electron chi connectivity index (χ0n) is 13.7. The third-order valence-corrected chi connectivity index (χ3v) is 5.94. The average molecular weight is 309 g/mol. The highest BCUT2D eigenvalue weighted by atomic mass is 32.2. The first-order valence-corrected chi connectivity index (χ1v) is 9.07. The summed E-state index contributed by atoms with van der Waals surface area (Å²) in [6.45, 7) is 10.7. The highest BCUT2D eigenvalue weighted by molar-refractivity contribution is 7.89. The summed E-state index contributed by atoms with van der Waals surface area (Å²) in [4.78, 5) is 0.395. The molecule has 0 unspecified atom stereocenters. The molecule has 0 aromatic heterocycles. The highest BCUT2D eigenvalue weighted by Crippen LogP contribution is 2.45. The van der Waals surface area contributed by atoms with Crippen molar-refractivity contribution in [1.82, 2.24) is 4.72 Å². The Morgan fingerprint density at radius 1 is 1.05 bits per heavy atom. The Hall–Kier alpha value is -0.870. The molecule has 0 spiro atoms. The van der Waals surface area contributed by atoms with E-state index in [1.807, 2.05) is 19.1 Å². The number of aryl methyl sites for hydroxylation is 1. The van der Waals surface area contributed by atoms with Gasteiger partial charge in [0.2, 0.25) is 10.0 Å². The van der Waals surface area contributed by atoms with Crippen molar-refractivity contribution in [1.29, 1.82) is 0 Å². The van der Waals surface area contributed by atoms with Crippen molar-refractivity contribution in [3.63, 3.8) is 0 Å². The van der Waals surface area contributed by atoms with Crippen LogP contribution in [-0.2, 0) is 10.0 Å². The second kappa shape index (κ2) is 5.40. The molecule has 0 aliphatic heterocycles. The third-order valence-electron chi connectivity index (χ3n) is 4.26. The molecule has 1 aliphatic rings. The summed E-state index contributed by atoms with van der Waals surface area (Å²) < 4.78 is 28.2. The van der Waals surface area contributed by atoms with E-state index in [2.05, 4.69) is 32.4 Å². The van der Waals surface area contributed by atoms with Gasteiger partial charge in [0.25, 0.3) is 0 Å². The van der Waals surface area contributed by atoms with Crippen molar-refractivity contribution >= 4 is 10.0 Å². The summed E-state index contributed by atoms with van der Waals surface area (Å²) in [5, 5.41) is 0. The maximum Gasteiger partial charge on any atom is 0.241 e. The Balaban J connectivity index is 2.23. The monoisotopic (exact) mass is 309 g/mol. The van der Waals surface area contributed by atoms with Crippen molar-refractivity contribution in [2.45, 2.75) is 64.8 Å². The topological polar surface area (TPSA) is 46.2 Å². The van der Waals surface area contributed by atoms with Crippen LogP contribution in [0.25, 0.3) is 0 Å². The number of benzene rings is 1. The van der Waals surface area contributed by atoms with E-state index in [1.54, 1.807) is 12.1 Å². The van der Waals surface area contributed by atoms with Gasteiger partial charge >= 0.3 is 0 Å². The second-order valence-corrected chi connectivity index (χ2v) is 9.68. The molecule has 1 fully saturated rings. The Kier molecular flexibility index (Phi) is 4.24. The minimum absolute atomic E-state index is 0.00774. The van der Waals surface area contributed by atoms with Crippen molar-refractivity contribution < 1.29 is 8.42 Å². The first kappa shape index (κ1) is 16.5. The molecule has 1 N–H and O–H groups in total. The standard InChI is InChI=1S/C17H27NO2S/c1-13-8-6-7-9-15(13)21(19,20)18-14-10-16(2,3)12-17(4,5)11-14/h6-9,14,18H,10-12H2,1-5H3. The van der Waals surface area contributed by atoms with Crippen LogP contribution in [0.3, 0.4) is 0 Å². The quantitative estimate of drug-likeness (QED) is 0.921.